The Morgan fingerprint density at radius 3 is 2.65 bits per heavy atom. The van der Waals surface area contributed by atoms with Gasteiger partial charge in [-0.25, -0.2) is 0 Å². The van der Waals surface area contributed by atoms with Gasteiger partial charge in [0.15, 0.2) is 0 Å². The van der Waals surface area contributed by atoms with Crippen molar-refractivity contribution >= 4 is 11.9 Å². The number of carboxylic acid groups (broad SMARTS) is 1. The lowest BCUT2D eigenvalue weighted by Crippen LogP contribution is -2.59. The van der Waals surface area contributed by atoms with Crippen LogP contribution in [-0.4, -0.2) is 60.8 Å². The largest absolute Gasteiger partial charge is 0.480 e. The fourth-order valence-corrected chi connectivity index (χ4v) is 2.11. The van der Waals surface area contributed by atoms with Crippen LogP contribution in [0.5, 0.6) is 0 Å². The molecule has 1 heterocycles. The number of methoxy groups -OCH3 is 1. The zero-order valence-electron chi connectivity index (χ0n) is 10.5. The van der Waals surface area contributed by atoms with Crippen molar-refractivity contribution in [1.29, 1.82) is 0 Å². The highest BCUT2D eigenvalue weighted by molar-refractivity contribution is 5.75. The number of aliphatic carboxylic acids is 1. The van der Waals surface area contributed by atoms with E-state index in [-0.39, 0.29) is 17.9 Å². The van der Waals surface area contributed by atoms with Crippen molar-refractivity contribution in [3.63, 3.8) is 0 Å². The molecule has 1 aliphatic heterocycles. The Morgan fingerprint density at radius 1 is 1.47 bits per heavy atom. The summed E-state index contributed by atoms with van der Waals surface area (Å²) in [5, 5.41) is 12.2. The van der Waals surface area contributed by atoms with Crippen LogP contribution in [0.1, 0.15) is 13.8 Å². The first-order chi connectivity index (χ1) is 7.99. The van der Waals surface area contributed by atoms with Gasteiger partial charge in [0.05, 0.1) is 13.0 Å². The van der Waals surface area contributed by atoms with Crippen molar-refractivity contribution in [2.24, 2.45) is 5.92 Å². The summed E-state index contributed by atoms with van der Waals surface area (Å²) in [6.07, 6.45) is 0. The molecule has 1 fully saturated rings. The molecule has 3 unspecified atom stereocenters. The van der Waals surface area contributed by atoms with Gasteiger partial charge in [-0.15, -0.1) is 0 Å². The fraction of sp³-hybridized carbons (Fsp3) is 0.818. The Labute approximate surface area is 101 Å². The summed E-state index contributed by atoms with van der Waals surface area (Å²) < 4.78 is 4.69. The molecule has 0 saturated carbocycles. The molecule has 0 aromatic carbocycles. The maximum atomic E-state index is 11.5. The minimum atomic E-state index is -0.860. The Morgan fingerprint density at radius 2 is 2.12 bits per heavy atom. The van der Waals surface area contributed by atoms with E-state index in [0.29, 0.717) is 13.1 Å². The van der Waals surface area contributed by atoms with Crippen LogP contribution in [0.15, 0.2) is 0 Å². The van der Waals surface area contributed by atoms with Gasteiger partial charge >= 0.3 is 11.9 Å². The van der Waals surface area contributed by atoms with Gasteiger partial charge in [0.2, 0.25) is 0 Å². The van der Waals surface area contributed by atoms with Gasteiger partial charge in [-0.2, -0.15) is 0 Å². The van der Waals surface area contributed by atoms with Crippen molar-refractivity contribution < 1.29 is 19.4 Å². The molecule has 1 rings (SSSR count). The van der Waals surface area contributed by atoms with E-state index in [0.717, 1.165) is 6.54 Å². The number of rotatable bonds is 4. The van der Waals surface area contributed by atoms with Gasteiger partial charge in [-0.1, -0.05) is 6.92 Å². The van der Waals surface area contributed by atoms with Crippen LogP contribution in [-0.2, 0) is 14.3 Å². The van der Waals surface area contributed by atoms with Gasteiger partial charge < -0.3 is 15.2 Å². The highest BCUT2D eigenvalue weighted by Gasteiger charge is 2.35. The van der Waals surface area contributed by atoms with E-state index in [9.17, 15) is 9.59 Å². The topological polar surface area (TPSA) is 78.9 Å². The minimum Gasteiger partial charge on any atom is -0.480 e. The van der Waals surface area contributed by atoms with Gasteiger partial charge in [-0.05, 0) is 6.92 Å². The van der Waals surface area contributed by atoms with Crippen molar-refractivity contribution in [3.05, 3.63) is 0 Å². The summed E-state index contributed by atoms with van der Waals surface area (Å²) in [4.78, 5) is 24.4. The highest BCUT2D eigenvalue weighted by Crippen LogP contribution is 2.17. The summed E-state index contributed by atoms with van der Waals surface area (Å²) in [5.41, 5.74) is 0. The van der Waals surface area contributed by atoms with Gasteiger partial charge in [-0.3, -0.25) is 14.5 Å². The van der Waals surface area contributed by atoms with Crippen LogP contribution >= 0.6 is 0 Å². The molecule has 0 radical (unpaired) electrons. The Balaban J connectivity index is 2.74. The zero-order chi connectivity index (χ0) is 13.0. The van der Waals surface area contributed by atoms with E-state index >= 15 is 0 Å². The number of ether oxygens (including phenoxy) is 1. The molecule has 1 saturated heterocycles. The first kappa shape index (κ1) is 13.9. The van der Waals surface area contributed by atoms with Crippen LogP contribution in [0.25, 0.3) is 0 Å². The lowest BCUT2D eigenvalue weighted by atomic mass is 9.99. The van der Waals surface area contributed by atoms with Gasteiger partial charge in [0.25, 0.3) is 0 Å². The number of esters is 1. The average Bonchev–Trinajstić information content (AvgIpc) is 2.35. The quantitative estimate of drug-likeness (QED) is 0.652. The summed E-state index contributed by atoms with van der Waals surface area (Å²) in [6, 6.07) is -0.725. The molecule has 2 N–H and O–H groups in total. The van der Waals surface area contributed by atoms with Crippen LogP contribution < -0.4 is 5.32 Å². The molecule has 1 aliphatic rings. The summed E-state index contributed by atoms with van der Waals surface area (Å²) in [7, 11) is 1.35. The third kappa shape index (κ3) is 3.17. The van der Waals surface area contributed by atoms with Crippen molar-refractivity contribution in [2.45, 2.75) is 25.9 Å². The van der Waals surface area contributed by atoms with Crippen molar-refractivity contribution in [3.8, 4) is 0 Å². The van der Waals surface area contributed by atoms with E-state index in [4.69, 9.17) is 9.84 Å². The molecule has 0 aliphatic carbocycles. The maximum Gasteiger partial charge on any atom is 0.322 e. The van der Waals surface area contributed by atoms with Crippen LogP contribution in [0.3, 0.4) is 0 Å². The van der Waals surface area contributed by atoms with Crippen LogP contribution in [0.4, 0.5) is 0 Å². The maximum absolute atomic E-state index is 11.5. The third-order valence-electron chi connectivity index (χ3n) is 3.39. The third-order valence-corrected chi connectivity index (χ3v) is 3.39. The minimum absolute atomic E-state index is 0.148. The lowest BCUT2D eigenvalue weighted by Gasteiger charge is -2.39. The molecule has 0 spiro atoms. The number of carbonyl (C=O) groups excluding carboxylic acids is 1. The van der Waals surface area contributed by atoms with E-state index in [2.05, 4.69) is 5.32 Å². The van der Waals surface area contributed by atoms with E-state index in [1.165, 1.54) is 7.11 Å². The van der Waals surface area contributed by atoms with E-state index in [1.54, 1.807) is 6.92 Å². The second-order valence-electron chi connectivity index (χ2n) is 4.35. The normalized spacial score (nSPS) is 25.0. The lowest BCUT2D eigenvalue weighted by molar-refractivity contribution is -0.152. The fourth-order valence-electron chi connectivity index (χ4n) is 2.11. The molecule has 17 heavy (non-hydrogen) atoms. The smallest absolute Gasteiger partial charge is 0.322 e. The predicted octanol–water partition coefficient (Wildman–Crippen LogP) is -0.458. The van der Waals surface area contributed by atoms with Crippen LogP contribution in [0, 0.1) is 5.92 Å². The Kier molecular flexibility index (Phi) is 4.89. The number of nitrogens with zero attached hydrogens (tertiary/aromatic N) is 1. The number of carboxylic acids is 1. The summed E-state index contributed by atoms with van der Waals surface area (Å²) >= 11 is 0. The molecule has 0 amide bonds. The molecule has 0 aromatic heterocycles. The van der Waals surface area contributed by atoms with Gasteiger partial charge in [0, 0.05) is 25.7 Å². The number of hydrogen-bond acceptors (Lipinski definition) is 5. The highest BCUT2D eigenvalue weighted by atomic mass is 16.5. The molecule has 98 valence electrons. The average molecular weight is 244 g/mol. The van der Waals surface area contributed by atoms with E-state index < -0.39 is 12.0 Å². The summed E-state index contributed by atoms with van der Waals surface area (Å²) in [6.45, 7) is 5.40. The first-order valence-electron chi connectivity index (χ1n) is 5.76. The Bertz CT molecular complexity index is 295. The standard InChI is InChI=1S/C11H20N2O4/c1-7(11(16)17-3)8(2)13-5-4-12-6-9(13)10(14)15/h7-9,12H,4-6H2,1-3H3,(H,14,15). The molecule has 6 nitrogen and oxygen atoms in total. The molecule has 0 bridgehead atoms. The first-order valence-corrected chi connectivity index (χ1v) is 5.76. The predicted molar refractivity (Wildman–Crippen MR) is 61.6 cm³/mol. The molecular weight excluding hydrogens is 224 g/mol. The van der Waals surface area contributed by atoms with Gasteiger partial charge in [0.1, 0.15) is 6.04 Å². The SMILES string of the molecule is COC(=O)C(C)C(C)N1CCNCC1C(=O)O. The molecule has 6 heteroatoms. The summed E-state index contributed by atoms with van der Waals surface area (Å²) in [5.74, 6) is -1.50. The van der Waals surface area contributed by atoms with Crippen molar-refractivity contribution in [1.82, 2.24) is 10.2 Å². The molecular formula is C11H20N2O4. The molecule has 3 atom stereocenters. The Hall–Kier alpha value is -1.14. The second kappa shape index (κ2) is 5.97. The van der Waals surface area contributed by atoms with Crippen molar-refractivity contribution in [2.75, 3.05) is 26.7 Å². The van der Waals surface area contributed by atoms with E-state index in [1.807, 2.05) is 11.8 Å². The monoisotopic (exact) mass is 244 g/mol. The second-order valence-corrected chi connectivity index (χ2v) is 4.35. The van der Waals surface area contributed by atoms with Crippen LogP contribution in [0.2, 0.25) is 0 Å². The number of hydrogen-bond donors (Lipinski definition) is 2. The number of carbonyl (C=O) groups is 2. The molecule has 0 aromatic rings. The number of piperazine rings is 1. The zero-order valence-corrected chi connectivity index (χ0v) is 10.5. The number of nitrogens with one attached hydrogen (secondary N) is 1.